The molecule has 3 rings (SSSR count). The highest BCUT2D eigenvalue weighted by Crippen LogP contribution is 2.23. The first-order valence-corrected chi connectivity index (χ1v) is 7.98. The van der Waals surface area contributed by atoms with Crippen molar-refractivity contribution >= 4 is 11.3 Å². The molecule has 1 aliphatic rings. The molecule has 0 spiro atoms. The summed E-state index contributed by atoms with van der Waals surface area (Å²) in [5.41, 5.74) is 0. The fraction of sp³-hybridized carbons (Fsp3) is 0.571. The molecule has 0 amide bonds. The SMILES string of the molecule is CN(Cc1nnc(-c2cccs2)o1)C1CCCNCC1. The van der Waals surface area contributed by atoms with E-state index in [1.165, 1.54) is 19.3 Å². The minimum atomic E-state index is 0.599. The van der Waals surface area contributed by atoms with Gasteiger partial charge in [0.15, 0.2) is 0 Å². The lowest BCUT2D eigenvalue weighted by Gasteiger charge is -2.25. The Morgan fingerprint density at radius 1 is 1.40 bits per heavy atom. The summed E-state index contributed by atoms with van der Waals surface area (Å²) in [5.74, 6) is 1.33. The van der Waals surface area contributed by atoms with Gasteiger partial charge >= 0.3 is 0 Å². The fourth-order valence-electron chi connectivity index (χ4n) is 2.60. The second-order valence-electron chi connectivity index (χ2n) is 5.23. The van der Waals surface area contributed by atoms with E-state index in [2.05, 4.69) is 27.5 Å². The van der Waals surface area contributed by atoms with Crippen LogP contribution in [0.25, 0.3) is 10.8 Å². The van der Waals surface area contributed by atoms with Crippen molar-refractivity contribution in [3.63, 3.8) is 0 Å². The second-order valence-corrected chi connectivity index (χ2v) is 6.18. The van der Waals surface area contributed by atoms with Crippen LogP contribution in [0.3, 0.4) is 0 Å². The van der Waals surface area contributed by atoms with Crippen LogP contribution in [0.15, 0.2) is 21.9 Å². The molecule has 0 bridgehead atoms. The predicted molar refractivity (Wildman–Crippen MR) is 79.6 cm³/mol. The van der Waals surface area contributed by atoms with E-state index in [1.54, 1.807) is 11.3 Å². The topological polar surface area (TPSA) is 54.2 Å². The van der Waals surface area contributed by atoms with Crippen LogP contribution in [-0.4, -0.2) is 41.3 Å². The van der Waals surface area contributed by atoms with E-state index in [1.807, 2.05) is 17.5 Å². The second kappa shape index (κ2) is 6.47. The third-order valence-electron chi connectivity index (χ3n) is 3.75. The molecule has 2 aromatic rings. The van der Waals surface area contributed by atoms with Crippen LogP contribution in [0, 0.1) is 0 Å². The van der Waals surface area contributed by atoms with Gasteiger partial charge in [-0.05, 0) is 50.8 Å². The van der Waals surface area contributed by atoms with Gasteiger partial charge in [-0.2, -0.15) is 0 Å². The summed E-state index contributed by atoms with van der Waals surface area (Å²) in [6, 6.07) is 4.60. The third kappa shape index (κ3) is 3.26. The Labute approximate surface area is 123 Å². The average Bonchev–Trinajstić information content (AvgIpc) is 3.05. The summed E-state index contributed by atoms with van der Waals surface area (Å²) in [7, 11) is 2.14. The molecule has 0 radical (unpaired) electrons. The molecule has 1 saturated heterocycles. The van der Waals surface area contributed by atoms with Gasteiger partial charge in [-0.3, -0.25) is 4.90 Å². The molecule has 1 fully saturated rings. The van der Waals surface area contributed by atoms with Crippen molar-refractivity contribution in [1.82, 2.24) is 20.4 Å². The standard InChI is InChI=1S/C14H20N4OS/c1-18(11-4-2-7-15-8-6-11)10-13-16-17-14(19-13)12-5-3-9-20-12/h3,5,9,11,15H,2,4,6-8,10H2,1H3. The zero-order chi connectivity index (χ0) is 13.8. The minimum Gasteiger partial charge on any atom is -0.419 e. The lowest BCUT2D eigenvalue weighted by atomic mass is 10.1. The smallest absolute Gasteiger partial charge is 0.257 e. The van der Waals surface area contributed by atoms with Crippen LogP contribution in [0.4, 0.5) is 0 Å². The van der Waals surface area contributed by atoms with Crippen LogP contribution in [0.5, 0.6) is 0 Å². The molecule has 1 N–H and O–H groups in total. The zero-order valence-electron chi connectivity index (χ0n) is 11.7. The van der Waals surface area contributed by atoms with Crippen LogP contribution >= 0.6 is 11.3 Å². The van der Waals surface area contributed by atoms with Gasteiger partial charge in [-0.25, -0.2) is 0 Å². The van der Waals surface area contributed by atoms with E-state index in [4.69, 9.17) is 4.42 Å². The predicted octanol–water partition coefficient (Wildman–Crippen LogP) is 2.37. The van der Waals surface area contributed by atoms with Crippen molar-refractivity contribution in [2.24, 2.45) is 0 Å². The van der Waals surface area contributed by atoms with Gasteiger partial charge in [0.05, 0.1) is 11.4 Å². The third-order valence-corrected chi connectivity index (χ3v) is 4.61. The molecule has 0 aromatic carbocycles. The molecule has 1 aliphatic heterocycles. The molecule has 20 heavy (non-hydrogen) atoms. The molecule has 0 saturated carbocycles. The summed E-state index contributed by atoms with van der Waals surface area (Å²) >= 11 is 1.62. The molecular weight excluding hydrogens is 272 g/mol. The lowest BCUT2D eigenvalue weighted by molar-refractivity contribution is 0.198. The first-order valence-electron chi connectivity index (χ1n) is 7.10. The lowest BCUT2D eigenvalue weighted by Crippen LogP contribution is -2.32. The van der Waals surface area contributed by atoms with Gasteiger partial charge < -0.3 is 9.73 Å². The molecule has 1 atom stereocenters. The van der Waals surface area contributed by atoms with Crippen molar-refractivity contribution in [2.75, 3.05) is 20.1 Å². The summed E-state index contributed by atoms with van der Waals surface area (Å²) < 4.78 is 5.75. The Balaban J connectivity index is 1.62. The highest BCUT2D eigenvalue weighted by atomic mass is 32.1. The molecular formula is C14H20N4OS. The first-order chi connectivity index (χ1) is 9.83. The van der Waals surface area contributed by atoms with Crippen LogP contribution in [0.1, 0.15) is 25.2 Å². The van der Waals surface area contributed by atoms with Gasteiger partial charge in [0, 0.05) is 6.04 Å². The quantitative estimate of drug-likeness (QED) is 0.937. The van der Waals surface area contributed by atoms with E-state index in [0.717, 1.165) is 24.5 Å². The van der Waals surface area contributed by atoms with Gasteiger partial charge in [0.25, 0.3) is 5.89 Å². The Kier molecular flexibility index (Phi) is 4.44. The number of thiophene rings is 1. The maximum absolute atomic E-state index is 5.75. The first kappa shape index (κ1) is 13.7. The number of aromatic nitrogens is 2. The van der Waals surface area contributed by atoms with Crippen molar-refractivity contribution < 1.29 is 4.42 Å². The Morgan fingerprint density at radius 3 is 3.20 bits per heavy atom. The van der Waals surface area contributed by atoms with Gasteiger partial charge in [-0.1, -0.05) is 6.07 Å². The molecule has 3 heterocycles. The number of hydrogen-bond donors (Lipinski definition) is 1. The Hall–Kier alpha value is -1.24. The highest BCUT2D eigenvalue weighted by Gasteiger charge is 2.19. The van der Waals surface area contributed by atoms with E-state index >= 15 is 0 Å². The van der Waals surface area contributed by atoms with E-state index < -0.39 is 0 Å². The maximum Gasteiger partial charge on any atom is 0.257 e. The van der Waals surface area contributed by atoms with Crippen molar-refractivity contribution in [1.29, 1.82) is 0 Å². The van der Waals surface area contributed by atoms with Gasteiger partial charge in [0.1, 0.15) is 0 Å². The minimum absolute atomic E-state index is 0.599. The summed E-state index contributed by atoms with van der Waals surface area (Å²) in [6.45, 7) is 2.95. The zero-order valence-corrected chi connectivity index (χ0v) is 12.5. The van der Waals surface area contributed by atoms with Crippen molar-refractivity contribution in [3.8, 4) is 10.8 Å². The Morgan fingerprint density at radius 2 is 2.35 bits per heavy atom. The van der Waals surface area contributed by atoms with Crippen molar-refractivity contribution in [2.45, 2.75) is 31.8 Å². The number of hydrogen-bond acceptors (Lipinski definition) is 6. The molecule has 1 unspecified atom stereocenters. The van der Waals surface area contributed by atoms with E-state index in [-0.39, 0.29) is 0 Å². The summed E-state index contributed by atoms with van der Waals surface area (Å²) in [6.07, 6.45) is 3.65. The average molecular weight is 292 g/mol. The monoisotopic (exact) mass is 292 g/mol. The highest BCUT2D eigenvalue weighted by molar-refractivity contribution is 7.13. The normalized spacial score (nSPS) is 20.2. The fourth-order valence-corrected chi connectivity index (χ4v) is 3.25. The number of nitrogens with one attached hydrogen (secondary N) is 1. The molecule has 0 aliphatic carbocycles. The van der Waals surface area contributed by atoms with Gasteiger partial charge in [-0.15, -0.1) is 21.5 Å². The van der Waals surface area contributed by atoms with Crippen LogP contribution in [-0.2, 0) is 6.54 Å². The number of nitrogens with zero attached hydrogens (tertiary/aromatic N) is 3. The molecule has 5 nitrogen and oxygen atoms in total. The number of rotatable bonds is 4. The summed E-state index contributed by atoms with van der Waals surface area (Å²) in [5, 5.41) is 13.8. The molecule has 2 aromatic heterocycles. The van der Waals surface area contributed by atoms with E-state index in [0.29, 0.717) is 17.8 Å². The Bertz CT molecular complexity index is 517. The molecule has 6 heteroatoms. The largest absolute Gasteiger partial charge is 0.419 e. The van der Waals surface area contributed by atoms with Gasteiger partial charge in [0.2, 0.25) is 5.89 Å². The summed E-state index contributed by atoms with van der Waals surface area (Å²) in [4.78, 5) is 3.36. The van der Waals surface area contributed by atoms with Crippen molar-refractivity contribution in [3.05, 3.63) is 23.4 Å². The van der Waals surface area contributed by atoms with Crippen LogP contribution in [0.2, 0.25) is 0 Å². The molecule has 108 valence electrons. The van der Waals surface area contributed by atoms with E-state index in [9.17, 15) is 0 Å². The van der Waals surface area contributed by atoms with Crippen LogP contribution < -0.4 is 5.32 Å². The maximum atomic E-state index is 5.75.